The second-order valence-electron chi connectivity index (χ2n) is 8.24. The maximum atomic E-state index is 12.9. The monoisotopic (exact) mass is 396 g/mol. The summed E-state index contributed by atoms with van der Waals surface area (Å²) >= 11 is 1.83. The molecule has 0 radical (unpaired) electrons. The van der Waals surface area contributed by atoms with Gasteiger partial charge in [-0.05, 0) is 58.8 Å². The summed E-state index contributed by atoms with van der Waals surface area (Å²) in [7, 11) is 2.13. The number of nitrogens with zero attached hydrogens (tertiary/aromatic N) is 3. The summed E-state index contributed by atoms with van der Waals surface area (Å²) in [6.07, 6.45) is 7.33. The Morgan fingerprint density at radius 2 is 1.81 bits per heavy atom. The Bertz CT molecular complexity index is 516. The van der Waals surface area contributed by atoms with Gasteiger partial charge in [-0.1, -0.05) is 13.3 Å². The summed E-state index contributed by atoms with van der Waals surface area (Å²) in [5, 5.41) is 3.12. The highest BCUT2D eigenvalue weighted by Gasteiger charge is 2.52. The molecule has 2 amide bonds. The van der Waals surface area contributed by atoms with Gasteiger partial charge in [0.1, 0.15) is 6.04 Å². The second kappa shape index (κ2) is 9.61. The molecule has 27 heavy (non-hydrogen) atoms. The second-order valence-corrected chi connectivity index (χ2v) is 9.62. The van der Waals surface area contributed by atoms with E-state index < -0.39 is 0 Å². The maximum Gasteiger partial charge on any atom is 0.243 e. The number of nitrogens with one attached hydrogen (secondary N) is 1. The van der Waals surface area contributed by atoms with Gasteiger partial charge in [0.05, 0.1) is 4.87 Å². The summed E-state index contributed by atoms with van der Waals surface area (Å²) in [6, 6.07) is -0.305. The van der Waals surface area contributed by atoms with Crippen molar-refractivity contribution in [3.05, 3.63) is 0 Å². The molecule has 1 unspecified atom stereocenters. The molecule has 0 aromatic rings. The molecule has 0 aliphatic carbocycles. The highest BCUT2D eigenvalue weighted by molar-refractivity contribution is 8.01. The Morgan fingerprint density at radius 3 is 2.48 bits per heavy atom. The molecule has 1 spiro atoms. The quantitative estimate of drug-likeness (QED) is 0.694. The lowest BCUT2D eigenvalue weighted by atomic mass is 10.00. The lowest BCUT2D eigenvalue weighted by molar-refractivity contribution is -0.143. The minimum absolute atomic E-state index is 0.0405. The molecule has 154 valence electrons. The van der Waals surface area contributed by atoms with E-state index >= 15 is 0 Å². The minimum Gasteiger partial charge on any atom is -0.354 e. The average molecular weight is 397 g/mol. The Morgan fingerprint density at radius 1 is 1.11 bits per heavy atom. The van der Waals surface area contributed by atoms with Crippen LogP contribution in [0.5, 0.6) is 0 Å². The minimum atomic E-state index is -0.305. The van der Waals surface area contributed by atoms with Crippen LogP contribution >= 0.6 is 11.8 Å². The van der Waals surface area contributed by atoms with Gasteiger partial charge < -0.3 is 20.0 Å². The van der Waals surface area contributed by atoms with Crippen LogP contribution in [-0.2, 0) is 9.59 Å². The van der Waals surface area contributed by atoms with Gasteiger partial charge in [-0.2, -0.15) is 0 Å². The molecular formula is C20H36N4O2S. The number of piperidine rings is 2. The van der Waals surface area contributed by atoms with Crippen molar-refractivity contribution in [2.75, 3.05) is 52.1 Å². The summed E-state index contributed by atoms with van der Waals surface area (Å²) in [5.41, 5.74) is 0. The highest BCUT2D eigenvalue weighted by atomic mass is 32.2. The smallest absolute Gasteiger partial charge is 0.243 e. The molecule has 0 aromatic heterocycles. The number of likely N-dealkylation sites (tertiary alicyclic amines) is 2. The van der Waals surface area contributed by atoms with Crippen LogP contribution in [-0.4, -0.2) is 89.5 Å². The fourth-order valence-electron chi connectivity index (χ4n) is 4.59. The largest absolute Gasteiger partial charge is 0.354 e. The average Bonchev–Trinajstić information content (AvgIpc) is 3.07. The number of carbonyl (C=O) groups is 2. The van der Waals surface area contributed by atoms with Crippen LogP contribution in [0.15, 0.2) is 0 Å². The van der Waals surface area contributed by atoms with Gasteiger partial charge in [-0.3, -0.25) is 9.59 Å². The first-order chi connectivity index (χ1) is 13.1. The van der Waals surface area contributed by atoms with Crippen molar-refractivity contribution in [1.82, 2.24) is 20.0 Å². The maximum absolute atomic E-state index is 12.9. The predicted octanol–water partition coefficient (Wildman–Crippen LogP) is 1.75. The molecule has 1 atom stereocenters. The molecule has 3 aliphatic rings. The highest BCUT2D eigenvalue weighted by Crippen LogP contribution is 2.46. The van der Waals surface area contributed by atoms with Crippen molar-refractivity contribution in [1.29, 1.82) is 0 Å². The molecule has 1 N–H and O–H groups in total. The topological polar surface area (TPSA) is 55.9 Å². The number of amides is 2. The lowest BCUT2D eigenvalue weighted by Gasteiger charge is -2.44. The first-order valence-corrected chi connectivity index (χ1v) is 11.7. The van der Waals surface area contributed by atoms with Crippen molar-refractivity contribution < 1.29 is 9.59 Å². The van der Waals surface area contributed by atoms with Crippen LogP contribution in [0.2, 0.25) is 0 Å². The van der Waals surface area contributed by atoms with E-state index in [0.717, 1.165) is 44.6 Å². The molecular weight excluding hydrogens is 360 g/mol. The lowest BCUT2D eigenvalue weighted by Crippen LogP contribution is -2.57. The van der Waals surface area contributed by atoms with Crippen molar-refractivity contribution >= 4 is 23.6 Å². The van der Waals surface area contributed by atoms with Crippen LogP contribution < -0.4 is 5.32 Å². The first-order valence-electron chi connectivity index (χ1n) is 10.7. The Hall–Kier alpha value is -0.790. The van der Waals surface area contributed by atoms with Gasteiger partial charge in [0.25, 0.3) is 0 Å². The zero-order chi connectivity index (χ0) is 19.3. The third kappa shape index (κ3) is 4.98. The SMILES string of the molecule is CCC(=O)N1C(C(=O)NCCCN2CCCCC2)CSC12CCN(C)CC2. The van der Waals surface area contributed by atoms with Gasteiger partial charge in [0, 0.05) is 31.8 Å². The molecule has 0 aromatic carbocycles. The van der Waals surface area contributed by atoms with E-state index in [1.165, 1.54) is 32.4 Å². The zero-order valence-electron chi connectivity index (χ0n) is 17.0. The molecule has 6 nitrogen and oxygen atoms in total. The van der Waals surface area contributed by atoms with Crippen molar-refractivity contribution in [3.63, 3.8) is 0 Å². The Balaban J connectivity index is 1.52. The number of hydrogen-bond donors (Lipinski definition) is 1. The number of carbonyl (C=O) groups excluding carboxylic acids is 2. The van der Waals surface area contributed by atoms with Crippen LogP contribution in [0, 0.1) is 0 Å². The molecule has 3 fully saturated rings. The van der Waals surface area contributed by atoms with Gasteiger partial charge >= 0.3 is 0 Å². The van der Waals surface area contributed by atoms with Gasteiger partial charge in [-0.15, -0.1) is 11.8 Å². The molecule has 0 saturated carbocycles. The van der Waals surface area contributed by atoms with E-state index in [0.29, 0.717) is 13.0 Å². The van der Waals surface area contributed by atoms with Crippen LogP contribution in [0.4, 0.5) is 0 Å². The molecule has 0 bridgehead atoms. The van der Waals surface area contributed by atoms with Crippen LogP contribution in [0.25, 0.3) is 0 Å². The van der Waals surface area contributed by atoms with E-state index in [-0.39, 0.29) is 22.7 Å². The van der Waals surface area contributed by atoms with E-state index in [1.54, 1.807) is 0 Å². The molecule has 3 saturated heterocycles. The summed E-state index contributed by atoms with van der Waals surface area (Å²) in [5.74, 6) is 0.893. The molecule has 3 heterocycles. The van der Waals surface area contributed by atoms with Gasteiger partial charge in [-0.25, -0.2) is 0 Å². The number of hydrogen-bond acceptors (Lipinski definition) is 5. The van der Waals surface area contributed by atoms with Crippen LogP contribution in [0.1, 0.15) is 51.9 Å². The third-order valence-electron chi connectivity index (χ3n) is 6.30. The summed E-state index contributed by atoms with van der Waals surface area (Å²) < 4.78 is 0. The fourth-order valence-corrected chi connectivity index (χ4v) is 6.20. The zero-order valence-corrected chi connectivity index (χ0v) is 17.9. The van der Waals surface area contributed by atoms with Crippen molar-refractivity contribution in [3.8, 4) is 0 Å². The van der Waals surface area contributed by atoms with Crippen molar-refractivity contribution in [2.24, 2.45) is 0 Å². The third-order valence-corrected chi connectivity index (χ3v) is 7.93. The van der Waals surface area contributed by atoms with E-state index in [9.17, 15) is 9.59 Å². The molecule has 3 aliphatic heterocycles. The fraction of sp³-hybridized carbons (Fsp3) is 0.900. The molecule has 7 heteroatoms. The van der Waals surface area contributed by atoms with E-state index in [2.05, 4.69) is 22.2 Å². The van der Waals surface area contributed by atoms with E-state index in [4.69, 9.17) is 0 Å². The standard InChI is InChI=1S/C20H36N4O2S/c1-3-18(25)24-17(16-27-20(24)8-14-22(2)15-9-20)19(26)21-10-7-13-23-11-5-4-6-12-23/h17H,3-16H2,1-2H3,(H,21,26). The van der Waals surface area contributed by atoms with Crippen LogP contribution in [0.3, 0.4) is 0 Å². The summed E-state index contributed by atoms with van der Waals surface area (Å²) in [4.78, 5) is 32.2. The number of thioether (sulfide) groups is 1. The van der Waals surface area contributed by atoms with Gasteiger partial charge in [0.15, 0.2) is 0 Å². The Labute approximate surface area is 168 Å². The Kier molecular flexibility index (Phi) is 7.45. The van der Waals surface area contributed by atoms with E-state index in [1.807, 2.05) is 23.6 Å². The van der Waals surface area contributed by atoms with Crippen molar-refractivity contribution in [2.45, 2.75) is 62.8 Å². The van der Waals surface area contributed by atoms with Gasteiger partial charge in [0.2, 0.25) is 11.8 Å². The first kappa shape index (κ1) is 20.9. The number of rotatable bonds is 6. The summed E-state index contributed by atoms with van der Waals surface area (Å²) in [6.45, 7) is 8.05. The molecule has 3 rings (SSSR count). The normalized spacial score (nSPS) is 26.4. The predicted molar refractivity (Wildman–Crippen MR) is 111 cm³/mol.